The van der Waals surface area contributed by atoms with Gasteiger partial charge in [-0.1, -0.05) is 42.5 Å². The number of nitrogen functional groups attached to an aromatic ring is 2. The summed E-state index contributed by atoms with van der Waals surface area (Å²) >= 11 is 2.68. The summed E-state index contributed by atoms with van der Waals surface area (Å²) in [5, 5.41) is 14.3. The number of carbonyl (C=O) groups excluding carboxylic acids is 1. The zero-order valence-electron chi connectivity index (χ0n) is 17.1. The molecule has 6 aromatic rings. The van der Waals surface area contributed by atoms with Crippen LogP contribution in [0.4, 0.5) is 11.5 Å². The summed E-state index contributed by atoms with van der Waals surface area (Å²) in [6.07, 6.45) is 0. The second-order valence-electron chi connectivity index (χ2n) is 7.54. The number of nitriles is 1. The van der Waals surface area contributed by atoms with E-state index >= 15 is 0 Å². The number of rotatable bonds is 2. The third-order valence-electron chi connectivity index (χ3n) is 5.76. The van der Waals surface area contributed by atoms with Crippen molar-refractivity contribution in [2.24, 2.45) is 0 Å². The first-order valence-corrected chi connectivity index (χ1v) is 11.8. The van der Waals surface area contributed by atoms with Crippen LogP contribution < -0.4 is 11.5 Å². The van der Waals surface area contributed by atoms with Crippen molar-refractivity contribution in [3.05, 3.63) is 76.5 Å². The molecule has 33 heavy (non-hydrogen) atoms. The lowest BCUT2D eigenvalue weighted by Crippen LogP contribution is -2.11. The molecule has 158 valence electrons. The van der Waals surface area contributed by atoms with Crippen LogP contribution >= 0.6 is 22.7 Å². The van der Waals surface area contributed by atoms with Gasteiger partial charge in [-0.2, -0.15) is 5.26 Å². The number of nitrogens with zero attached hydrogens (tertiary/aromatic N) is 3. The number of fused-ring (bicyclic) bond motifs is 4. The Morgan fingerprint density at radius 2 is 1.64 bits per heavy atom. The van der Waals surface area contributed by atoms with Crippen LogP contribution in [0.1, 0.15) is 15.2 Å². The van der Waals surface area contributed by atoms with Gasteiger partial charge in [-0.05, 0) is 23.6 Å². The first-order chi connectivity index (χ1) is 16.1. The fraction of sp³-hybridized carbons (Fsp3) is 0. The minimum atomic E-state index is -0.234. The SMILES string of the molecule is N#Cc1c(N)nc2sc(C(=O)n3c4ccccc4c4ccccc43)c(N)c2c1-c1cccs1. The fourth-order valence-corrected chi connectivity index (χ4v) is 6.18. The minimum Gasteiger partial charge on any atom is -0.397 e. The standard InChI is InChI=1S/C25H15N5OS2/c26-12-15-19(18-10-5-11-32-18)20-21(27)22(33-24(20)29-23(15)28)25(31)30-16-8-3-1-6-13(16)14-7-2-4-9-17(14)30/h1-11H,27H2,(H2,28,29). The number of aromatic nitrogens is 2. The Morgan fingerprint density at radius 1 is 0.970 bits per heavy atom. The number of nitrogens with two attached hydrogens (primary N) is 2. The molecule has 2 aromatic carbocycles. The van der Waals surface area contributed by atoms with Crippen molar-refractivity contribution in [1.82, 2.24) is 9.55 Å². The van der Waals surface area contributed by atoms with Crippen molar-refractivity contribution < 1.29 is 4.79 Å². The molecule has 0 amide bonds. The second-order valence-corrected chi connectivity index (χ2v) is 9.48. The molecule has 0 unspecified atom stereocenters. The molecule has 6 rings (SSSR count). The molecule has 4 N–H and O–H groups in total. The molecule has 0 aliphatic carbocycles. The zero-order chi connectivity index (χ0) is 22.7. The van der Waals surface area contributed by atoms with E-state index in [9.17, 15) is 10.1 Å². The molecule has 6 nitrogen and oxygen atoms in total. The van der Waals surface area contributed by atoms with Gasteiger partial charge in [0.2, 0.25) is 0 Å². The highest BCUT2D eigenvalue weighted by atomic mass is 32.1. The molecule has 0 spiro atoms. The summed E-state index contributed by atoms with van der Waals surface area (Å²) in [4.78, 5) is 20.1. The summed E-state index contributed by atoms with van der Waals surface area (Å²) in [5.74, 6) is -0.104. The molecule has 0 bridgehead atoms. The predicted molar refractivity (Wildman–Crippen MR) is 136 cm³/mol. The van der Waals surface area contributed by atoms with Gasteiger partial charge in [0.15, 0.2) is 0 Å². The topological polar surface area (TPSA) is 111 Å². The molecule has 0 aliphatic heterocycles. The lowest BCUT2D eigenvalue weighted by molar-refractivity contribution is 0.0974. The summed E-state index contributed by atoms with van der Waals surface area (Å²) in [7, 11) is 0. The Bertz CT molecular complexity index is 1720. The number of benzene rings is 2. The van der Waals surface area contributed by atoms with Gasteiger partial charge in [-0.25, -0.2) is 4.98 Å². The van der Waals surface area contributed by atoms with Crippen LogP contribution in [0, 0.1) is 11.3 Å². The second kappa shape index (κ2) is 7.17. The maximum absolute atomic E-state index is 13.9. The third kappa shape index (κ3) is 2.70. The van der Waals surface area contributed by atoms with Gasteiger partial charge in [0.25, 0.3) is 5.91 Å². The van der Waals surface area contributed by atoms with Crippen LogP contribution in [-0.2, 0) is 0 Å². The van der Waals surface area contributed by atoms with Crippen LogP contribution in [0.3, 0.4) is 0 Å². The number of thiophene rings is 2. The first kappa shape index (κ1) is 19.5. The first-order valence-electron chi connectivity index (χ1n) is 10.1. The van der Waals surface area contributed by atoms with E-state index < -0.39 is 0 Å². The highest BCUT2D eigenvalue weighted by Crippen LogP contribution is 2.44. The maximum Gasteiger partial charge on any atom is 0.275 e. The molecular weight excluding hydrogens is 450 g/mol. The van der Waals surface area contributed by atoms with Crippen LogP contribution in [0.15, 0.2) is 66.0 Å². The maximum atomic E-state index is 13.9. The van der Waals surface area contributed by atoms with Crippen molar-refractivity contribution >= 4 is 72.1 Å². The number of para-hydroxylation sites is 2. The largest absolute Gasteiger partial charge is 0.397 e. The number of hydrogen-bond acceptors (Lipinski definition) is 7. The molecule has 0 atom stereocenters. The van der Waals surface area contributed by atoms with Crippen molar-refractivity contribution in [3.8, 4) is 16.5 Å². The molecule has 8 heteroatoms. The number of pyridine rings is 1. The average molecular weight is 466 g/mol. The van der Waals surface area contributed by atoms with E-state index in [4.69, 9.17) is 11.5 Å². The lowest BCUT2D eigenvalue weighted by atomic mass is 10.0. The van der Waals surface area contributed by atoms with Crippen molar-refractivity contribution in [1.29, 1.82) is 5.26 Å². The van der Waals surface area contributed by atoms with Gasteiger partial charge >= 0.3 is 0 Å². The summed E-state index contributed by atoms with van der Waals surface area (Å²) < 4.78 is 1.70. The van der Waals surface area contributed by atoms with Gasteiger partial charge in [0.05, 0.1) is 16.7 Å². The van der Waals surface area contributed by atoms with E-state index in [2.05, 4.69) is 11.1 Å². The van der Waals surface area contributed by atoms with Crippen LogP contribution in [0.2, 0.25) is 0 Å². The van der Waals surface area contributed by atoms with Gasteiger partial charge in [-0.3, -0.25) is 9.36 Å². The molecule has 0 fully saturated rings. The molecule has 4 heterocycles. The Balaban J connectivity index is 1.67. The Labute approximate surface area is 195 Å². The lowest BCUT2D eigenvalue weighted by Gasteiger charge is -2.08. The minimum absolute atomic E-state index is 0.130. The number of carbonyl (C=O) groups is 1. The van der Waals surface area contributed by atoms with Crippen LogP contribution in [0.5, 0.6) is 0 Å². The predicted octanol–water partition coefficient (Wildman–Crippen LogP) is 5.86. The van der Waals surface area contributed by atoms with Crippen molar-refractivity contribution in [3.63, 3.8) is 0 Å². The quantitative estimate of drug-likeness (QED) is 0.333. The van der Waals surface area contributed by atoms with Crippen LogP contribution in [0.25, 0.3) is 42.5 Å². The Hall–Kier alpha value is -4.19. The molecular formula is C25H15N5OS2. The molecule has 0 aliphatic rings. The third-order valence-corrected chi connectivity index (χ3v) is 7.74. The van der Waals surface area contributed by atoms with E-state index in [0.29, 0.717) is 26.3 Å². The van der Waals surface area contributed by atoms with E-state index in [0.717, 1.165) is 26.7 Å². The van der Waals surface area contributed by atoms with Crippen molar-refractivity contribution in [2.75, 3.05) is 11.5 Å². The molecule has 0 saturated carbocycles. The smallest absolute Gasteiger partial charge is 0.275 e. The Kier molecular flexibility index (Phi) is 4.23. The summed E-state index contributed by atoms with van der Waals surface area (Å²) in [6, 6.07) is 21.6. The number of hydrogen-bond donors (Lipinski definition) is 2. The van der Waals surface area contributed by atoms with E-state index in [1.54, 1.807) is 4.57 Å². The van der Waals surface area contributed by atoms with Gasteiger partial charge < -0.3 is 11.5 Å². The normalized spacial score (nSPS) is 11.4. The van der Waals surface area contributed by atoms with E-state index in [1.807, 2.05) is 66.0 Å². The van der Waals surface area contributed by atoms with Gasteiger partial charge in [-0.15, -0.1) is 22.7 Å². The highest BCUT2D eigenvalue weighted by Gasteiger charge is 2.27. The van der Waals surface area contributed by atoms with E-state index in [-0.39, 0.29) is 17.3 Å². The summed E-state index contributed by atoms with van der Waals surface area (Å²) in [5.41, 5.74) is 15.6. The zero-order valence-corrected chi connectivity index (χ0v) is 18.7. The van der Waals surface area contributed by atoms with Crippen LogP contribution in [-0.4, -0.2) is 15.5 Å². The molecule has 4 aromatic heterocycles. The molecule has 0 saturated heterocycles. The molecule has 0 radical (unpaired) electrons. The average Bonchev–Trinajstić information content (AvgIpc) is 3.55. The highest BCUT2D eigenvalue weighted by molar-refractivity contribution is 7.21. The van der Waals surface area contributed by atoms with Crippen molar-refractivity contribution in [2.45, 2.75) is 0 Å². The van der Waals surface area contributed by atoms with E-state index in [1.165, 1.54) is 22.7 Å². The number of anilines is 2. The fourth-order valence-electron chi connectivity index (χ4n) is 4.35. The van der Waals surface area contributed by atoms with Gasteiger partial charge in [0, 0.05) is 26.6 Å². The Morgan fingerprint density at radius 3 is 2.24 bits per heavy atom. The van der Waals surface area contributed by atoms with Gasteiger partial charge in [0.1, 0.15) is 27.2 Å². The monoisotopic (exact) mass is 465 g/mol. The summed E-state index contributed by atoms with van der Waals surface area (Å²) in [6.45, 7) is 0.